The maximum Gasteiger partial charge on any atom is 0.390 e. The fraction of sp³-hybridized carbons (Fsp3) is 0.167. The number of carboxylic acids is 2. The van der Waals surface area contributed by atoms with Gasteiger partial charge in [-0.2, -0.15) is 0 Å². The lowest BCUT2D eigenvalue weighted by atomic mass is 9.99. The van der Waals surface area contributed by atoms with Crippen LogP contribution in [0.15, 0.2) is 72.5 Å². The van der Waals surface area contributed by atoms with Gasteiger partial charge in [-0.3, -0.25) is 4.48 Å². The molecular weight excluding hydrogens is 382 g/mol. The van der Waals surface area contributed by atoms with Gasteiger partial charge in [0.2, 0.25) is 5.70 Å². The minimum atomic E-state index is -1.26. The third-order valence-electron chi connectivity index (χ3n) is 5.51. The lowest BCUT2D eigenvalue weighted by Gasteiger charge is -2.39. The third-order valence-corrected chi connectivity index (χ3v) is 5.51. The lowest BCUT2D eigenvalue weighted by Crippen LogP contribution is -2.52. The van der Waals surface area contributed by atoms with Gasteiger partial charge in [0.1, 0.15) is 24.6 Å². The zero-order valence-corrected chi connectivity index (χ0v) is 16.3. The van der Waals surface area contributed by atoms with Gasteiger partial charge in [-0.25, -0.2) is 9.59 Å². The smallest absolute Gasteiger partial charge is 0.390 e. The van der Waals surface area contributed by atoms with Crippen molar-refractivity contribution in [3.8, 4) is 11.5 Å². The predicted octanol–water partition coefficient (Wildman–Crippen LogP) is 4.16. The molecule has 6 heteroatoms. The fourth-order valence-corrected chi connectivity index (χ4v) is 4.13. The Balaban J connectivity index is 1.87. The van der Waals surface area contributed by atoms with Gasteiger partial charge in [0.15, 0.2) is 0 Å². The number of rotatable bonds is 5. The number of nitrogens with zero attached hydrogens (tertiary/aromatic N) is 1. The van der Waals surface area contributed by atoms with Crippen LogP contribution in [0.25, 0.3) is 11.6 Å². The van der Waals surface area contributed by atoms with Crippen molar-refractivity contribution in [3.63, 3.8) is 0 Å². The van der Waals surface area contributed by atoms with Crippen molar-refractivity contribution < 1.29 is 29.0 Å². The van der Waals surface area contributed by atoms with E-state index in [0.717, 1.165) is 28.5 Å². The molecule has 0 fully saturated rings. The summed E-state index contributed by atoms with van der Waals surface area (Å²) in [6.45, 7) is 1.25. The number of carbonyl (C=O) groups is 2. The largest absolute Gasteiger partial charge is 0.478 e. The van der Waals surface area contributed by atoms with Gasteiger partial charge in [-0.05, 0) is 24.3 Å². The van der Waals surface area contributed by atoms with E-state index in [4.69, 9.17) is 4.74 Å². The molecule has 0 spiro atoms. The number of benzene rings is 2. The molecule has 0 bridgehead atoms. The second-order valence-electron chi connectivity index (χ2n) is 7.45. The first-order chi connectivity index (χ1) is 14.5. The molecule has 4 rings (SSSR count). The average molecular weight is 404 g/mol. The Labute approximate surface area is 174 Å². The second-order valence-corrected chi connectivity index (χ2v) is 7.45. The van der Waals surface area contributed by atoms with Gasteiger partial charge in [0.25, 0.3) is 0 Å². The first kappa shape index (κ1) is 19.7. The van der Waals surface area contributed by atoms with Crippen molar-refractivity contribution >= 4 is 23.6 Å². The quantitative estimate of drug-likeness (QED) is 0.444. The highest BCUT2D eigenvalue weighted by atomic mass is 16.5. The van der Waals surface area contributed by atoms with Crippen LogP contribution in [0.5, 0.6) is 11.5 Å². The summed E-state index contributed by atoms with van der Waals surface area (Å²) in [5.41, 5.74) is 2.56. The van der Waals surface area contributed by atoms with Crippen LogP contribution in [0.2, 0.25) is 0 Å². The van der Waals surface area contributed by atoms with Crippen LogP contribution in [0.3, 0.4) is 0 Å². The molecule has 152 valence electrons. The molecule has 0 aliphatic carbocycles. The van der Waals surface area contributed by atoms with E-state index in [1.165, 1.54) is 0 Å². The van der Waals surface area contributed by atoms with Crippen molar-refractivity contribution in [1.82, 2.24) is 0 Å². The van der Waals surface area contributed by atoms with Crippen LogP contribution in [0.4, 0.5) is 0 Å². The number of aliphatic carboxylic acids is 2. The summed E-state index contributed by atoms with van der Waals surface area (Å²) >= 11 is 0. The van der Waals surface area contributed by atoms with Crippen molar-refractivity contribution in [2.75, 3.05) is 19.6 Å². The van der Waals surface area contributed by atoms with Gasteiger partial charge in [0.05, 0.1) is 12.6 Å². The monoisotopic (exact) mass is 404 g/mol. The maximum absolute atomic E-state index is 12.1. The molecule has 2 aliphatic heterocycles. The molecule has 0 aromatic heterocycles. The van der Waals surface area contributed by atoms with Crippen LogP contribution in [-0.4, -0.2) is 46.3 Å². The Morgan fingerprint density at radius 2 is 1.73 bits per heavy atom. The molecule has 0 saturated carbocycles. The highest BCUT2D eigenvalue weighted by molar-refractivity contribution is 5.93. The van der Waals surface area contributed by atoms with Crippen LogP contribution in [0, 0.1) is 0 Å². The number of para-hydroxylation sites is 2. The zero-order valence-electron chi connectivity index (χ0n) is 16.3. The Morgan fingerprint density at radius 3 is 2.43 bits per heavy atom. The molecule has 2 heterocycles. The van der Waals surface area contributed by atoms with Crippen LogP contribution in [0.1, 0.15) is 17.5 Å². The minimum absolute atomic E-state index is 0.0282. The zero-order chi connectivity index (χ0) is 21.1. The fourth-order valence-electron chi connectivity index (χ4n) is 4.13. The number of ether oxygens (including phenoxy) is 1. The van der Waals surface area contributed by atoms with Crippen LogP contribution >= 0.6 is 0 Å². The molecule has 6 nitrogen and oxygen atoms in total. The molecule has 0 radical (unpaired) electrons. The number of hydrogen-bond acceptors (Lipinski definition) is 3. The number of fused-ring (bicyclic) bond motifs is 2. The van der Waals surface area contributed by atoms with E-state index in [1.54, 1.807) is 0 Å². The van der Waals surface area contributed by atoms with Gasteiger partial charge < -0.3 is 14.9 Å². The average Bonchev–Trinajstić information content (AvgIpc) is 2.89. The summed E-state index contributed by atoms with van der Waals surface area (Å²) in [5, 5.41) is 19.2. The van der Waals surface area contributed by atoms with Crippen molar-refractivity contribution in [3.05, 3.63) is 83.6 Å². The van der Waals surface area contributed by atoms with Crippen molar-refractivity contribution in [1.29, 1.82) is 0 Å². The van der Waals surface area contributed by atoms with Crippen molar-refractivity contribution in [2.45, 2.75) is 6.42 Å². The van der Waals surface area contributed by atoms with E-state index >= 15 is 0 Å². The first-order valence-corrected chi connectivity index (χ1v) is 9.75. The van der Waals surface area contributed by atoms with Crippen LogP contribution in [-0.2, 0) is 9.59 Å². The van der Waals surface area contributed by atoms with E-state index in [-0.39, 0.29) is 10.2 Å². The topological polar surface area (TPSA) is 83.8 Å². The SMILES string of the molecule is O=C(O)/C=C(\C(=O)O)[N+]1(CC2=Cc3ccccc3Oc3ccccc32)CC=CCC1. The number of carboxylic acid groups (broad SMARTS) is 2. The highest BCUT2D eigenvalue weighted by Gasteiger charge is 2.39. The Morgan fingerprint density at radius 1 is 1.00 bits per heavy atom. The normalized spacial score (nSPS) is 20.3. The van der Waals surface area contributed by atoms with E-state index < -0.39 is 11.9 Å². The molecule has 0 amide bonds. The van der Waals surface area contributed by atoms with Gasteiger partial charge in [-0.15, -0.1) is 0 Å². The molecule has 2 aliphatic rings. The van der Waals surface area contributed by atoms with E-state index in [9.17, 15) is 19.8 Å². The lowest BCUT2D eigenvalue weighted by molar-refractivity contribution is -0.876. The van der Waals surface area contributed by atoms with E-state index in [2.05, 4.69) is 0 Å². The summed E-state index contributed by atoms with van der Waals surface area (Å²) in [4.78, 5) is 23.5. The van der Waals surface area contributed by atoms with Crippen LogP contribution < -0.4 is 4.74 Å². The van der Waals surface area contributed by atoms with Gasteiger partial charge in [0, 0.05) is 23.1 Å². The summed E-state index contributed by atoms with van der Waals surface area (Å²) < 4.78 is 6.16. The molecule has 1 unspecified atom stereocenters. The van der Waals surface area contributed by atoms with Gasteiger partial charge >= 0.3 is 11.9 Å². The van der Waals surface area contributed by atoms with E-state index in [0.29, 0.717) is 31.8 Å². The maximum atomic E-state index is 12.1. The Hall–Kier alpha value is -3.64. The summed E-state index contributed by atoms with van der Waals surface area (Å²) in [6, 6.07) is 15.3. The molecule has 2 aromatic rings. The van der Waals surface area contributed by atoms with E-state index in [1.807, 2.05) is 66.8 Å². The summed E-state index contributed by atoms with van der Waals surface area (Å²) in [7, 11) is 0. The highest BCUT2D eigenvalue weighted by Crippen LogP contribution is 2.40. The Kier molecular flexibility index (Phi) is 5.25. The molecule has 1 atom stereocenters. The predicted molar refractivity (Wildman–Crippen MR) is 113 cm³/mol. The third kappa shape index (κ3) is 3.77. The summed E-state index contributed by atoms with van der Waals surface area (Å²) in [5.74, 6) is -1.06. The summed E-state index contributed by atoms with van der Waals surface area (Å²) in [6.07, 6.45) is 7.45. The standard InChI is InChI=1S/C24H21NO5/c26-23(27)15-20(24(28)29)25(12-6-1-7-13-25)16-18-14-17-8-2-4-10-21(17)30-22-11-5-3-9-19(18)22/h1-6,8-11,14-15H,7,12-13,16H2,(H-,26,27,28,29)/p+1/b20-15+. The first-order valence-electron chi connectivity index (χ1n) is 9.75. The molecular formula is C24H22NO5+. The minimum Gasteiger partial charge on any atom is -0.478 e. The molecule has 0 saturated heterocycles. The van der Waals surface area contributed by atoms with Crippen molar-refractivity contribution in [2.24, 2.45) is 0 Å². The number of hydrogen-bond donors (Lipinski definition) is 2. The Bertz CT molecular complexity index is 1100. The second kappa shape index (κ2) is 8.00. The molecule has 2 aromatic carbocycles. The molecule has 2 N–H and O–H groups in total. The molecule has 30 heavy (non-hydrogen) atoms. The number of quaternary nitrogens is 1. The van der Waals surface area contributed by atoms with Gasteiger partial charge in [-0.1, -0.05) is 42.5 Å².